The maximum Gasteiger partial charge on any atom is 0.183 e. The predicted octanol–water partition coefficient (Wildman–Crippen LogP) is 8.13. The third-order valence-corrected chi connectivity index (χ3v) is 17.4. The van der Waals surface area contributed by atoms with Crippen LogP contribution in [0.1, 0.15) is 168 Å². The average molecular weight is 830 g/mol. The number of allylic oxidation sites excluding steroid dienone is 1. The van der Waals surface area contributed by atoms with Crippen LogP contribution in [-0.4, -0.2) is 66.1 Å². The number of ether oxygens (including phenoxy) is 1. The zero-order valence-electron chi connectivity index (χ0n) is 38.0. The molecule has 0 spiro atoms. The molecular weight excluding hydrogens is 747 g/mol. The fraction of sp³-hybridized carbons (Fsp3) is 0.846. The van der Waals surface area contributed by atoms with E-state index in [0.29, 0.717) is 42.9 Å². The summed E-state index contributed by atoms with van der Waals surface area (Å²) in [5, 5.41) is 26.8. The van der Waals surface area contributed by atoms with Crippen LogP contribution in [0.15, 0.2) is 16.8 Å². The van der Waals surface area contributed by atoms with Gasteiger partial charge in [-0.3, -0.25) is 15.3 Å². The number of methoxy groups -OCH3 is 1. The van der Waals surface area contributed by atoms with Crippen molar-refractivity contribution in [1.82, 2.24) is 0 Å². The second-order valence-corrected chi connectivity index (χ2v) is 21.6. The highest BCUT2D eigenvalue weighted by Gasteiger charge is 2.54. The van der Waals surface area contributed by atoms with E-state index in [1.165, 1.54) is 31.6 Å². The lowest BCUT2D eigenvalue weighted by atomic mass is 9.61. The fourth-order valence-electron chi connectivity index (χ4n) is 14.1. The number of nitrogens with two attached hydrogens (primary N) is 2. The summed E-state index contributed by atoms with van der Waals surface area (Å²) >= 11 is 0. The van der Waals surface area contributed by atoms with Crippen LogP contribution in [0.3, 0.4) is 0 Å². The molecule has 2 heterocycles. The maximum absolute atomic E-state index is 14.9. The molecule has 5 aliphatic carbocycles. The van der Waals surface area contributed by atoms with Gasteiger partial charge in [-0.25, -0.2) is 0 Å². The standard InChI is InChI=1S/C52H82N3O5/c1-5-12-43(51(59)52(20-10-7-11-21-52)49-29-40(32-55-49)33(2)3)39-25-35(23-34-19-22-54-50(53)26-34)24-37-16-18-42(36-13-8-6-9-14-36)44-31-47(58)48(60-4)28-38(44)15-17-41(56)30-46(57)45(37)27-39/h29,32-39,42-45,47-48,50-51,54,58-59H,5-15,17,19-28,30-31,53H2,1-4H3/q+1/p+1. The molecule has 6 N–H and O–H groups in total. The number of aliphatic imine (C=N–C) groups is 1. The lowest BCUT2D eigenvalue weighted by molar-refractivity contribution is -0.699. The number of fused-ring (bicyclic) bond motifs is 2. The van der Waals surface area contributed by atoms with Crippen LogP contribution in [0.4, 0.5) is 0 Å². The first-order chi connectivity index (χ1) is 29.0. The molecule has 13 atom stereocenters. The molecule has 8 nitrogen and oxygen atoms in total. The SMILES string of the molecule is CCCC(C1CC(CC2CC[NH2+]C(N)C2)CC2C#CC(C3CCCCC3)C3CC(O)C(OC)CC3CCC(=O)CC(=O)C2C1)C(O)C1(C2=C[C+](C(C)C)C=N2)CCCCC1. The molecule has 60 heavy (non-hydrogen) atoms. The smallest absolute Gasteiger partial charge is 0.183 e. The van der Waals surface area contributed by atoms with Crippen molar-refractivity contribution >= 4 is 17.8 Å². The first-order valence-electron chi connectivity index (χ1n) is 25.2. The summed E-state index contributed by atoms with van der Waals surface area (Å²) in [5.74, 6) is 11.4. The van der Waals surface area contributed by atoms with Gasteiger partial charge < -0.3 is 20.3 Å². The number of carbonyl (C=O) groups is 2. The second-order valence-electron chi connectivity index (χ2n) is 21.6. The molecule has 0 aromatic carbocycles. The van der Waals surface area contributed by atoms with E-state index >= 15 is 0 Å². The topological polar surface area (TPSA) is 139 Å². The highest BCUT2D eigenvalue weighted by atomic mass is 16.5. The van der Waals surface area contributed by atoms with Crippen LogP contribution in [0.5, 0.6) is 0 Å². The fourth-order valence-corrected chi connectivity index (χ4v) is 14.1. The van der Waals surface area contributed by atoms with Gasteiger partial charge in [0.25, 0.3) is 0 Å². The molecule has 7 aliphatic rings. The van der Waals surface area contributed by atoms with E-state index in [4.69, 9.17) is 15.5 Å². The van der Waals surface area contributed by atoms with Crippen molar-refractivity contribution in [3.8, 4) is 11.8 Å². The van der Waals surface area contributed by atoms with Crippen molar-refractivity contribution in [2.24, 2.45) is 81.2 Å². The molecule has 334 valence electrons. The Kier molecular flexibility index (Phi) is 16.2. The van der Waals surface area contributed by atoms with Crippen molar-refractivity contribution in [2.45, 2.75) is 193 Å². The minimum Gasteiger partial charge on any atom is -0.390 e. The number of hydrogen-bond donors (Lipinski definition) is 4. The van der Waals surface area contributed by atoms with Crippen LogP contribution < -0.4 is 11.1 Å². The van der Waals surface area contributed by atoms with Gasteiger partial charge in [0.05, 0.1) is 31.3 Å². The van der Waals surface area contributed by atoms with Gasteiger partial charge in [-0.15, -0.1) is 4.99 Å². The Morgan fingerprint density at radius 2 is 1.72 bits per heavy atom. The van der Waals surface area contributed by atoms with Gasteiger partial charge in [-0.2, -0.15) is 0 Å². The molecule has 8 heteroatoms. The monoisotopic (exact) mass is 830 g/mol. The largest absolute Gasteiger partial charge is 0.390 e. The van der Waals surface area contributed by atoms with Gasteiger partial charge in [-0.1, -0.05) is 63.7 Å². The highest BCUT2D eigenvalue weighted by Crippen LogP contribution is 2.54. The van der Waals surface area contributed by atoms with E-state index in [9.17, 15) is 19.8 Å². The Balaban J connectivity index is 1.28. The van der Waals surface area contributed by atoms with Crippen LogP contribution in [0, 0.1) is 88.3 Å². The first kappa shape index (κ1) is 46.0. The highest BCUT2D eigenvalue weighted by molar-refractivity contribution is 6.00. The number of rotatable bonds is 11. The number of aliphatic hydroxyl groups is 2. The number of carbonyl (C=O) groups excluding carboxylic acids is 2. The van der Waals surface area contributed by atoms with Crippen molar-refractivity contribution in [3.63, 3.8) is 0 Å². The summed E-state index contributed by atoms with van der Waals surface area (Å²) in [6.45, 7) is 7.76. The number of ketones is 2. The van der Waals surface area contributed by atoms with Crippen LogP contribution >= 0.6 is 0 Å². The zero-order chi connectivity index (χ0) is 42.4. The maximum atomic E-state index is 14.9. The molecule has 0 amide bonds. The van der Waals surface area contributed by atoms with E-state index in [1.54, 1.807) is 7.11 Å². The quantitative estimate of drug-likeness (QED) is 0.0943. The Labute approximate surface area is 363 Å². The second kappa shape index (κ2) is 21.1. The number of piperidine rings is 1. The van der Waals surface area contributed by atoms with Crippen molar-refractivity contribution in [3.05, 3.63) is 17.7 Å². The average Bonchev–Trinajstić information content (AvgIpc) is 3.69. The molecule has 7 rings (SSSR count). The Bertz CT molecular complexity index is 1550. The minimum atomic E-state index is -0.553. The normalized spacial score (nSPS) is 38.0. The third-order valence-electron chi connectivity index (χ3n) is 17.4. The van der Waals surface area contributed by atoms with Crippen LogP contribution in [-0.2, 0) is 14.3 Å². The summed E-state index contributed by atoms with van der Waals surface area (Å²) in [5.41, 5.74) is 7.26. The lowest BCUT2D eigenvalue weighted by Gasteiger charge is -2.44. The van der Waals surface area contributed by atoms with E-state index in [2.05, 4.69) is 44.0 Å². The van der Waals surface area contributed by atoms with E-state index < -0.39 is 12.2 Å². The van der Waals surface area contributed by atoms with E-state index in [-0.39, 0.29) is 77.1 Å². The molecule has 0 bridgehead atoms. The molecule has 5 fully saturated rings. The Morgan fingerprint density at radius 3 is 2.42 bits per heavy atom. The predicted molar refractivity (Wildman–Crippen MR) is 239 cm³/mol. The van der Waals surface area contributed by atoms with Crippen molar-refractivity contribution < 1.29 is 29.9 Å². The van der Waals surface area contributed by atoms with Gasteiger partial charge in [0.2, 0.25) is 0 Å². The van der Waals surface area contributed by atoms with Crippen LogP contribution in [0.25, 0.3) is 0 Å². The van der Waals surface area contributed by atoms with Crippen LogP contribution in [0.2, 0.25) is 0 Å². The molecule has 0 radical (unpaired) electrons. The van der Waals surface area contributed by atoms with Gasteiger partial charge in [0.1, 0.15) is 41.4 Å². The summed E-state index contributed by atoms with van der Waals surface area (Å²) in [6.07, 6.45) is 24.7. The molecule has 2 aliphatic heterocycles. The molecule has 4 saturated carbocycles. The van der Waals surface area contributed by atoms with Gasteiger partial charge in [-0.05, 0) is 139 Å². The van der Waals surface area contributed by atoms with E-state index in [1.807, 2.05) is 6.21 Å². The molecule has 0 aromatic rings. The minimum absolute atomic E-state index is 0.0202. The van der Waals surface area contributed by atoms with Gasteiger partial charge in [0.15, 0.2) is 5.70 Å². The van der Waals surface area contributed by atoms with Gasteiger partial charge in [0, 0.05) is 43.6 Å². The third kappa shape index (κ3) is 10.7. The summed E-state index contributed by atoms with van der Waals surface area (Å²) in [7, 11) is 1.70. The Morgan fingerprint density at radius 1 is 0.950 bits per heavy atom. The first-order valence-corrected chi connectivity index (χ1v) is 25.2. The van der Waals surface area contributed by atoms with Gasteiger partial charge >= 0.3 is 0 Å². The van der Waals surface area contributed by atoms with Crippen molar-refractivity contribution in [2.75, 3.05) is 13.7 Å². The molecule has 13 unspecified atom stereocenters. The summed E-state index contributed by atoms with van der Waals surface area (Å²) in [6, 6.07) is 0. The molecule has 1 saturated heterocycles. The number of nitrogens with zero attached hydrogens (tertiary/aromatic N) is 1. The number of hydrogen-bond acceptors (Lipinski definition) is 7. The number of quaternary nitrogens is 1. The summed E-state index contributed by atoms with van der Waals surface area (Å²) < 4.78 is 5.80. The molecular formula is C52H83N3O5+2. The molecule has 0 aromatic heterocycles. The Hall–Kier alpha value is -2.02. The zero-order valence-corrected chi connectivity index (χ0v) is 38.0. The lowest BCUT2D eigenvalue weighted by Crippen LogP contribution is -2.94. The number of Topliss-reactive ketones (excluding diaryl/α,β-unsaturated/α-hetero) is 2. The summed E-state index contributed by atoms with van der Waals surface area (Å²) in [4.78, 5) is 34.0. The number of aliphatic hydroxyl groups excluding tert-OH is 2. The van der Waals surface area contributed by atoms with Crippen molar-refractivity contribution in [1.29, 1.82) is 0 Å². The van der Waals surface area contributed by atoms with E-state index in [0.717, 1.165) is 109 Å².